The SMILES string of the molecule is BrCCCCc1ccc2c(c1)OCCO2. The highest BCUT2D eigenvalue weighted by Gasteiger charge is 2.11. The predicted octanol–water partition coefficient (Wildman–Crippen LogP) is 3.18. The quantitative estimate of drug-likeness (QED) is 0.618. The van der Waals surface area contributed by atoms with E-state index in [1.54, 1.807) is 0 Å². The molecular weight excluding hydrogens is 256 g/mol. The Kier molecular flexibility index (Phi) is 3.89. The maximum Gasteiger partial charge on any atom is 0.161 e. The summed E-state index contributed by atoms with van der Waals surface area (Å²) in [5.74, 6) is 1.78. The molecule has 1 heterocycles. The third-order valence-electron chi connectivity index (χ3n) is 2.46. The standard InChI is InChI=1S/C12H15BrO2/c13-6-2-1-3-10-4-5-11-12(9-10)15-8-7-14-11/h4-5,9H,1-3,6-8H2. The Morgan fingerprint density at radius 2 is 1.87 bits per heavy atom. The molecule has 0 atom stereocenters. The van der Waals surface area contributed by atoms with Gasteiger partial charge in [-0.25, -0.2) is 0 Å². The number of ether oxygens (including phenoxy) is 2. The van der Waals surface area contributed by atoms with Crippen molar-refractivity contribution in [3.8, 4) is 11.5 Å². The number of alkyl halides is 1. The lowest BCUT2D eigenvalue weighted by atomic mass is 10.1. The van der Waals surface area contributed by atoms with Crippen LogP contribution in [-0.4, -0.2) is 18.5 Å². The summed E-state index contributed by atoms with van der Waals surface area (Å²) in [5.41, 5.74) is 1.33. The van der Waals surface area contributed by atoms with E-state index in [4.69, 9.17) is 9.47 Å². The minimum absolute atomic E-state index is 0.663. The van der Waals surface area contributed by atoms with E-state index in [0.29, 0.717) is 13.2 Å². The van der Waals surface area contributed by atoms with Crippen LogP contribution >= 0.6 is 15.9 Å². The minimum Gasteiger partial charge on any atom is -0.486 e. The van der Waals surface area contributed by atoms with Crippen molar-refractivity contribution in [2.75, 3.05) is 18.5 Å². The number of unbranched alkanes of at least 4 members (excludes halogenated alkanes) is 1. The van der Waals surface area contributed by atoms with Gasteiger partial charge in [0.1, 0.15) is 13.2 Å². The van der Waals surface area contributed by atoms with Crippen molar-refractivity contribution >= 4 is 15.9 Å². The van der Waals surface area contributed by atoms with E-state index in [0.717, 1.165) is 23.2 Å². The average Bonchev–Trinajstić information content (AvgIpc) is 2.29. The van der Waals surface area contributed by atoms with Crippen LogP contribution in [0.15, 0.2) is 18.2 Å². The molecule has 0 aliphatic carbocycles. The molecule has 1 aliphatic heterocycles. The van der Waals surface area contributed by atoms with Gasteiger partial charge in [-0.1, -0.05) is 22.0 Å². The van der Waals surface area contributed by atoms with Crippen molar-refractivity contribution in [3.05, 3.63) is 23.8 Å². The number of hydrogen-bond acceptors (Lipinski definition) is 2. The molecule has 1 aromatic carbocycles. The van der Waals surface area contributed by atoms with Gasteiger partial charge in [0, 0.05) is 5.33 Å². The molecule has 1 aliphatic rings. The van der Waals surface area contributed by atoms with Crippen LogP contribution in [0.5, 0.6) is 11.5 Å². The van der Waals surface area contributed by atoms with E-state index in [1.807, 2.05) is 6.07 Å². The van der Waals surface area contributed by atoms with Gasteiger partial charge in [-0.15, -0.1) is 0 Å². The van der Waals surface area contributed by atoms with Crippen LogP contribution < -0.4 is 9.47 Å². The fraction of sp³-hybridized carbons (Fsp3) is 0.500. The molecule has 0 aromatic heterocycles. The van der Waals surface area contributed by atoms with E-state index in [1.165, 1.54) is 18.4 Å². The second kappa shape index (κ2) is 5.40. The van der Waals surface area contributed by atoms with Gasteiger partial charge in [0.05, 0.1) is 0 Å². The van der Waals surface area contributed by atoms with Crippen LogP contribution in [0, 0.1) is 0 Å². The number of aryl methyl sites for hydroxylation is 1. The molecule has 0 bridgehead atoms. The Morgan fingerprint density at radius 1 is 1.07 bits per heavy atom. The summed E-state index contributed by atoms with van der Waals surface area (Å²) in [6.07, 6.45) is 3.54. The van der Waals surface area contributed by atoms with Crippen LogP contribution in [0.25, 0.3) is 0 Å². The zero-order valence-corrected chi connectivity index (χ0v) is 10.3. The largest absolute Gasteiger partial charge is 0.486 e. The fourth-order valence-electron chi connectivity index (χ4n) is 1.67. The molecule has 0 saturated carbocycles. The van der Waals surface area contributed by atoms with Crippen LogP contribution in [0.3, 0.4) is 0 Å². The Balaban J connectivity index is 2.00. The second-order valence-corrected chi connectivity index (χ2v) is 4.42. The number of hydrogen-bond donors (Lipinski definition) is 0. The van der Waals surface area contributed by atoms with Gasteiger partial charge in [-0.3, -0.25) is 0 Å². The Bertz CT molecular complexity index is 325. The predicted molar refractivity (Wildman–Crippen MR) is 64.2 cm³/mol. The van der Waals surface area contributed by atoms with Gasteiger partial charge >= 0.3 is 0 Å². The number of fused-ring (bicyclic) bond motifs is 1. The molecule has 0 unspecified atom stereocenters. The van der Waals surface area contributed by atoms with Crippen molar-refractivity contribution in [2.45, 2.75) is 19.3 Å². The summed E-state index contributed by atoms with van der Waals surface area (Å²) in [7, 11) is 0. The number of halogens is 1. The highest BCUT2D eigenvalue weighted by molar-refractivity contribution is 9.09. The third kappa shape index (κ3) is 2.88. The Hall–Kier alpha value is -0.700. The highest BCUT2D eigenvalue weighted by Crippen LogP contribution is 2.31. The molecule has 0 N–H and O–H groups in total. The minimum atomic E-state index is 0.663. The van der Waals surface area contributed by atoms with Crippen LogP contribution in [0.2, 0.25) is 0 Å². The first kappa shape index (κ1) is 10.8. The summed E-state index contributed by atoms with van der Waals surface area (Å²) >= 11 is 3.44. The van der Waals surface area contributed by atoms with Gasteiger partial charge < -0.3 is 9.47 Å². The summed E-state index contributed by atoms with van der Waals surface area (Å²) < 4.78 is 11.0. The summed E-state index contributed by atoms with van der Waals surface area (Å²) in [6.45, 7) is 1.33. The van der Waals surface area contributed by atoms with E-state index < -0.39 is 0 Å². The molecule has 2 nitrogen and oxygen atoms in total. The highest BCUT2D eigenvalue weighted by atomic mass is 79.9. The van der Waals surface area contributed by atoms with Gasteiger partial charge in [0.25, 0.3) is 0 Å². The van der Waals surface area contributed by atoms with Gasteiger partial charge in [-0.05, 0) is 37.0 Å². The van der Waals surface area contributed by atoms with Crippen molar-refractivity contribution in [2.24, 2.45) is 0 Å². The molecule has 3 heteroatoms. The topological polar surface area (TPSA) is 18.5 Å². The molecular formula is C12H15BrO2. The molecule has 0 fully saturated rings. The maximum absolute atomic E-state index is 5.54. The fourth-order valence-corrected chi connectivity index (χ4v) is 2.06. The molecule has 0 spiro atoms. The van der Waals surface area contributed by atoms with E-state index in [-0.39, 0.29) is 0 Å². The number of benzene rings is 1. The van der Waals surface area contributed by atoms with Gasteiger partial charge in [0.2, 0.25) is 0 Å². The van der Waals surface area contributed by atoms with E-state index >= 15 is 0 Å². The van der Waals surface area contributed by atoms with Crippen molar-refractivity contribution in [1.82, 2.24) is 0 Å². The van der Waals surface area contributed by atoms with Crippen LogP contribution in [0.4, 0.5) is 0 Å². The van der Waals surface area contributed by atoms with Crippen LogP contribution in [0.1, 0.15) is 18.4 Å². The van der Waals surface area contributed by atoms with E-state index in [2.05, 4.69) is 28.1 Å². The molecule has 2 rings (SSSR count). The summed E-state index contributed by atoms with van der Waals surface area (Å²) in [5, 5.41) is 1.08. The van der Waals surface area contributed by atoms with Gasteiger partial charge in [-0.2, -0.15) is 0 Å². The molecule has 15 heavy (non-hydrogen) atoms. The molecule has 82 valence electrons. The normalized spacial score (nSPS) is 13.9. The molecule has 0 radical (unpaired) electrons. The first-order chi connectivity index (χ1) is 7.40. The summed E-state index contributed by atoms with van der Waals surface area (Å²) in [6, 6.07) is 6.24. The lowest BCUT2D eigenvalue weighted by molar-refractivity contribution is 0.171. The Morgan fingerprint density at radius 3 is 2.67 bits per heavy atom. The Labute approximate surface area is 98.7 Å². The molecule has 1 aromatic rings. The maximum atomic E-state index is 5.54. The average molecular weight is 271 g/mol. The second-order valence-electron chi connectivity index (χ2n) is 3.62. The summed E-state index contributed by atoms with van der Waals surface area (Å²) in [4.78, 5) is 0. The third-order valence-corrected chi connectivity index (χ3v) is 3.02. The zero-order chi connectivity index (χ0) is 10.5. The van der Waals surface area contributed by atoms with Crippen molar-refractivity contribution in [3.63, 3.8) is 0 Å². The van der Waals surface area contributed by atoms with E-state index in [9.17, 15) is 0 Å². The first-order valence-corrected chi connectivity index (χ1v) is 6.47. The monoisotopic (exact) mass is 270 g/mol. The molecule has 0 saturated heterocycles. The zero-order valence-electron chi connectivity index (χ0n) is 8.67. The van der Waals surface area contributed by atoms with Crippen molar-refractivity contribution < 1.29 is 9.47 Å². The first-order valence-electron chi connectivity index (χ1n) is 5.34. The lowest BCUT2D eigenvalue weighted by Gasteiger charge is -2.18. The smallest absolute Gasteiger partial charge is 0.161 e. The van der Waals surface area contributed by atoms with Crippen LogP contribution in [-0.2, 0) is 6.42 Å². The lowest BCUT2D eigenvalue weighted by Crippen LogP contribution is -2.15. The molecule has 0 amide bonds. The number of rotatable bonds is 4. The van der Waals surface area contributed by atoms with Gasteiger partial charge in [0.15, 0.2) is 11.5 Å². The van der Waals surface area contributed by atoms with Crippen molar-refractivity contribution in [1.29, 1.82) is 0 Å².